The number of thiazole rings is 1. The van der Waals surface area contributed by atoms with Crippen molar-refractivity contribution in [3.05, 3.63) is 40.1 Å². The molecule has 3 nitrogen and oxygen atoms in total. The maximum absolute atomic E-state index is 4.34. The Morgan fingerprint density at radius 1 is 1.44 bits per heavy atom. The molecule has 0 aliphatic carbocycles. The van der Waals surface area contributed by atoms with Gasteiger partial charge in [0.2, 0.25) is 0 Å². The smallest absolute Gasteiger partial charge is 0.0925 e. The number of hydrogen-bond donors (Lipinski definition) is 1. The molecule has 16 heavy (non-hydrogen) atoms. The van der Waals surface area contributed by atoms with Crippen molar-refractivity contribution >= 4 is 11.3 Å². The molecule has 0 aromatic carbocycles. The quantitative estimate of drug-likeness (QED) is 0.862. The molecule has 2 aromatic heterocycles. The Morgan fingerprint density at radius 3 is 2.94 bits per heavy atom. The first-order valence-electron chi connectivity index (χ1n) is 5.53. The van der Waals surface area contributed by atoms with Gasteiger partial charge in [-0.05, 0) is 18.1 Å². The fraction of sp³-hybridized carbons (Fsp3) is 0.417. The van der Waals surface area contributed by atoms with Crippen molar-refractivity contribution < 1.29 is 0 Å². The van der Waals surface area contributed by atoms with Crippen LogP contribution in [0.3, 0.4) is 0 Å². The van der Waals surface area contributed by atoms with Crippen molar-refractivity contribution in [2.24, 2.45) is 7.05 Å². The fourth-order valence-electron chi connectivity index (χ4n) is 1.59. The highest BCUT2D eigenvalue weighted by Crippen LogP contribution is 2.13. The van der Waals surface area contributed by atoms with Gasteiger partial charge in [-0.3, -0.25) is 0 Å². The van der Waals surface area contributed by atoms with Crippen molar-refractivity contribution in [2.45, 2.75) is 26.4 Å². The first kappa shape index (κ1) is 11.4. The molecule has 2 heterocycles. The summed E-state index contributed by atoms with van der Waals surface area (Å²) in [5.74, 6) is 0. The number of nitrogens with zero attached hydrogens (tertiary/aromatic N) is 2. The Labute approximate surface area is 100 Å². The van der Waals surface area contributed by atoms with Gasteiger partial charge in [0, 0.05) is 43.6 Å². The molecule has 0 aliphatic heterocycles. The van der Waals surface area contributed by atoms with Crippen LogP contribution in [0.1, 0.15) is 22.4 Å². The second kappa shape index (κ2) is 5.27. The lowest BCUT2D eigenvalue weighted by molar-refractivity contribution is 0.698. The highest BCUT2D eigenvalue weighted by molar-refractivity contribution is 7.11. The highest BCUT2D eigenvalue weighted by atomic mass is 32.1. The molecule has 4 heteroatoms. The summed E-state index contributed by atoms with van der Waals surface area (Å²) >= 11 is 1.79. The van der Waals surface area contributed by atoms with E-state index >= 15 is 0 Å². The molecule has 0 bridgehead atoms. The van der Waals surface area contributed by atoms with Crippen LogP contribution in [0.2, 0.25) is 0 Å². The normalized spacial score (nSPS) is 10.9. The van der Waals surface area contributed by atoms with Gasteiger partial charge in [-0.25, -0.2) is 4.98 Å². The van der Waals surface area contributed by atoms with E-state index in [-0.39, 0.29) is 0 Å². The van der Waals surface area contributed by atoms with E-state index in [0.717, 1.165) is 19.5 Å². The lowest BCUT2D eigenvalue weighted by atomic mass is 10.3. The molecule has 0 fully saturated rings. The van der Waals surface area contributed by atoms with E-state index in [0.29, 0.717) is 0 Å². The van der Waals surface area contributed by atoms with Gasteiger partial charge in [0.25, 0.3) is 0 Å². The largest absolute Gasteiger partial charge is 0.357 e. The van der Waals surface area contributed by atoms with Crippen LogP contribution in [0.4, 0.5) is 0 Å². The number of nitrogens with one attached hydrogen (secondary N) is 1. The summed E-state index contributed by atoms with van der Waals surface area (Å²) < 4.78 is 2.07. The molecule has 0 radical (unpaired) electrons. The summed E-state index contributed by atoms with van der Waals surface area (Å²) in [4.78, 5) is 5.65. The number of hydrogen-bond acceptors (Lipinski definition) is 3. The van der Waals surface area contributed by atoms with Crippen LogP contribution in [0.25, 0.3) is 0 Å². The number of aryl methyl sites for hydroxylation is 2. The lowest BCUT2D eigenvalue weighted by Crippen LogP contribution is -2.11. The van der Waals surface area contributed by atoms with E-state index in [1.807, 2.05) is 13.2 Å². The van der Waals surface area contributed by atoms with Crippen molar-refractivity contribution in [1.29, 1.82) is 0 Å². The second-order valence-electron chi connectivity index (χ2n) is 3.86. The van der Waals surface area contributed by atoms with E-state index in [1.165, 1.54) is 15.4 Å². The molecule has 0 unspecified atom stereocenters. The molecule has 2 rings (SSSR count). The Morgan fingerprint density at radius 2 is 2.31 bits per heavy atom. The average molecular weight is 235 g/mol. The third-order valence-electron chi connectivity index (χ3n) is 2.43. The predicted molar refractivity (Wildman–Crippen MR) is 67.4 cm³/mol. The van der Waals surface area contributed by atoms with Crippen molar-refractivity contribution in [1.82, 2.24) is 14.9 Å². The van der Waals surface area contributed by atoms with Crippen LogP contribution in [0.15, 0.2) is 24.7 Å². The van der Waals surface area contributed by atoms with Crippen molar-refractivity contribution in [3.63, 3.8) is 0 Å². The molecule has 1 N–H and O–H groups in total. The maximum atomic E-state index is 4.34. The van der Waals surface area contributed by atoms with Gasteiger partial charge in [0.15, 0.2) is 0 Å². The molecule has 0 amide bonds. The first-order chi connectivity index (χ1) is 7.78. The minimum atomic E-state index is 0.909. The summed E-state index contributed by atoms with van der Waals surface area (Å²) in [5.41, 5.74) is 1.32. The van der Waals surface area contributed by atoms with Crippen LogP contribution < -0.4 is 5.32 Å². The molecule has 86 valence electrons. The average Bonchev–Trinajstić information content (AvgIpc) is 2.88. The summed E-state index contributed by atoms with van der Waals surface area (Å²) in [5, 5.41) is 4.64. The van der Waals surface area contributed by atoms with Gasteiger partial charge in [0.1, 0.15) is 0 Å². The van der Waals surface area contributed by atoms with E-state index in [1.54, 1.807) is 11.3 Å². The van der Waals surface area contributed by atoms with Crippen LogP contribution in [-0.2, 0) is 26.6 Å². The summed E-state index contributed by atoms with van der Waals surface area (Å²) in [7, 11) is 2.04. The van der Waals surface area contributed by atoms with Gasteiger partial charge < -0.3 is 9.88 Å². The minimum Gasteiger partial charge on any atom is -0.357 e. The van der Waals surface area contributed by atoms with Crippen LogP contribution in [0.5, 0.6) is 0 Å². The molecule has 0 saturated heterocycles. The van der Waals surface area contributed by atoms with E-state index in [2.05, 4.69) is 40.3 Å². The zero-order chi connectivity index (χ0) is 11.4. The summed E-state index contributed by atoms with van der Waals surface area (Å²) in [6.07, 6.45) is 7.21. The standard InChI is InChI=1S/C12H17N3S/c1-3-12-14-8-11(16-12)7-13-6-10-4-5-15(2)9-10/h4-5,8-9,13H,3,6-7H2,1-2H3. The molecule has 2 aromatic rings. The number of rotatable bonds is 5. The molecule has 0 saturated carbocycles. The molecule has 0 spiro atoms. The Bertz CT molecular complexity index is 445. The summed E-state index contributed by atoms with van der Waals surface area (Å²) in [6, 6.07) is 2.14. The molecule has 0 atom stereocenters. The zero-order valence-electron chi connectivity index (χ0n) is 9.73. The van der Waals surface area contributed by atoms with E-state index in [9.17, 15) is 0 Å². The van der Waals surface area contributed by atoms with Crippen molar-refractivity contribution in [2.75, 3.05) is 0 Å². The van der Waals surface area contributed by atoms with E-state index in [4.69, 9.17) is 0 Å². The van der Waals surface area contributed by atoms with Gasteiger partial charge in [-0.1, -0.05) is 6.92 Å². The SMILES string of the molecule is CCc1ncc(CNCc2ccn(C)c2)s1. The second-order valence-corrected chi connectivity index (χ2v) is 5.06. The Balaban J connectivity index is 1.79. The Hall–Kier alpha value is -1.13. The molecule has 0 aliphatic rings. The highest BCUT2D eigenvalue weighted by Gasteiger charge is 2.00. The maximum Gasteiger partial charge on any atom is 0.0925 e. The van der Waals surface area contributed by atoms with Crippen molar-refractivity contribution in [3.8, 4) is 0 Å². The predicted octanol–water partition coefficient (Wildman–Crippen LogP) is 2.33. The van der Waals surface area contributed by atoms with Crippen LogP contribution >= 0.6 is 11.3 Å². The molecular formula is C12H17N3S. The molecular weight excluding hydrogens is 218 g/mol. The van der Waals surface area contributed by atoms with Crippen LogP contribution in [-0.4, -0.2) is 9.55 Å². The monoisotopic (exact) mass is 235 g/mol. The fourth-order valence-corrected chi connectivity index (χ4v) is 2.42. The van der Waals surface area contributed by atoms with Gasteiger partial charge in [-0.15, -0.1) is 11.3 Å². The first-order valence-corrected chi connectivity index (χ1v) is 6.34. The summed E-state index contributed by atoms with van der Waals surface area (Å²) in [6.45, 7) is 3.97. The topological polar surface area (TPSA) is 29.9 Å². The third-order valence-corrected chi connectivity index (χ3v) is 3.57. The van der Waals surface area contributed by atoms with Crippen LogP contribution in [0, 0.1) is 0 Å². The lowest BCUT2D eigenvalue weighted by Gasteiger charge is -1.99. The van der Waals surface area contributed by atoms with Gasteiger partial charge >= 0.3 is 0 Å². The third kappa shape index (κ3) is 2.93. The van der Waals surface area contributed by atoms with Gasteiger partial charge in [-0.2, -0.15) is 0 Å². The minimum absolute atomic E-state index is 0.909. The zero-order valence-corrected chi connectivity index (χ0v) is 10.5. The number of aromatic nitrogens is 2. The van der Waals surface area contributed by atoms with Gasteiger partial charge in [0.05, 0.1) is 5.01 Å². The van der Waals surface area contributed by atoms with E-state index < -0.39 is 0 Å². The Kier molecular flexibility index (Phi) is 3.74.